The molecule has 0 radical (unpaired) electrons. The van der Waals surface area contributed by atoms with Crippen molar-refractivity contribution in [2.45, 2.75) is 101 Å². The molecule has 8 rings (SSSR count). The van der Waals surface area contributed by atoms with Gasteiger partial charge in [-0.25, -0.2) is 26.5 Å². The number of fused-ring (bicyclic) bond motifs is 1. The van der Waals surface area contributed by atoms with Crippen molar-refractivity contribution in [1.29, 1.82) is 0 Å². The molecule has 4 fully saturated rings. The fraction of sp³-hybridized carbons (Fsp3) is 0.512. The van der Waals surface area contributed by atoms with E-state index in [4.69, 9.17) is 9.72 Å². The summed E-state index contributed by atoms with van der Waals surface area (Å²) in [4.78, 5) is 50.9. The highest BCUT2D eigenvalue weighted by Gasteiger charge is 2.41. The quantitative estimate of drug-likeness (QED) is 0.180. The fourth-order valence-electron chi connectivity index (χ4n) is 9.30. The average Bonchev–Trinajstić information content (AvgIpc) is 3.59. The number of hydrogen-bond donors (Lipinski definition) is 2. The maximum Gasteiger partial charge on any atom is 0.269 e. The van der Waals surface area contributed by atoms with Crippen LogP contribution in [0.5, 0.6) is 5.75 Å². The summed E-state index contributed by atoms with van der Waals surface area (Å²) in [7, 11) is -3.57. The molecule has 2 aromatic heterocycles. The molecular weight excluding hydrogens is 797 g/mol. The Hall–Kier alpha value is -4.84. The van der Waals surface area contributed by atoms with Gasteiger partial charge in [-0.3, -0.25) is 24.3 Å². The highest BCUT2D eigenvalue weighted by Crippen LogP contribution is 2.40. The summed E-state index contributed by atoms with van der Waals surface area (Å²) < 4.78 is 64.6. The number of aliphatic hydroxyl groups is 1. The van der Waals surface area contributed by atoms with Crippen LogP contribution in [0.15, 0.2) is 71.7 Å². The number of sulfonamides is 1. The number of imide groups is 1. The minimum Gasteiger partial charge on any atom is -0.490 e. The normalized spacial score (nSPS) is 23.9. The van der Waals surface area contributed by atoms with Crippen LogP contribution in [-0.2, 0) is 19.6 Å². The first kappa shape index (κ1) is 41.9. The van der Waals surface area contributed by atoms with Gasteiger partial charge in [-0.15, -0.1) is 0 Å². The molecule has 17 heteroatoms. The van der Waals surface area contributed by atoms with Crippen LogP contribution in [0.4, 0.5) is 20.4 Å². The number of pyridine rings is 1. The number of halogens is 2. The van der Waals surface area contributed by atoms with Crippen molar-refractivity contribution in [3.05, 3.63) is 88.3 Å². The van der Waals surface area contributed by atoms with E-state index in [0.717, 1.165) is 30.2 Å². The van der Waals surface area contributed by atoms with E-state index in [1.165, 1.54) is 10.8 Å². The molecule has 3 unspecified atom stereocenters. The number of nitrogens with zero attached hydrogens (tertiary/aromatic N) is 6. The van der Waals surface area contributed by atoms with E-state index in [-0.39, 0.29) is 65.7 Å². The summed E-state index contributed by atoms with van der Waals surface area (Å²) >= 11 is 0. The van der Waals surface area contributed by atoms with E-state index in [1.807, 2.05) is 59.5 Å². The number of ether oxygens (including phenoxy) is 1. The van der Waals surface area contributed by atoms with Gasteiger partial charge in [0.15, 0.2) is 0 Å². The van der Waals surface area contributed by atoms with Gasteiger partial charge in [0.2, 0.25) is 27.8 Å². The molecule has 2 aromatic carbocycles. The smallest absolute Gasteiger partial charge is 0.269 e. The lowest BCUT2D eigenvalue weighted by Crippen LogP contribution is -2.48. The molecule has 3 saturated heterocycles. The molecule has 14 nitrogen and oxygen atoms in total. The molecule has 5 heterocycles. The summed E-state index contributed by atoms with van der Waals surface area (Å²) in [5.41, 5.74) is -1.06. The first-order chi connectivity index (χ1) is 28.8. The number of amides is 2. The van der Waals surface area contributed by atoms with Crippen LogP contribution in [0.1, 0.15) is 94.2 Å². The Bertz CT molecular complexity index is 2370. The van der Waals surface area contributed by atoms with E-state index in [0.29, 0.717) is 70.3 Å². The molecule has 2 amide bonds. The van der Waals surface area contributed by atoms with Gasteiger partial charge in [0.1, 0.15) is 17.5 Å². The highest BCUT2D eigenvalue weighted by molar-refractivity contribution is 7.89. The van der Waals surface area contributed by atoms with Gasteiger partial charge in [0.25, 0.3) is 12.0 Å². The zero-order chi connectivity index (χ0) is 42.2. The number of hydrogen-bond acceptors (Lipinski definition) is 11. The second-order valence-corrected chi connectivity index (χ2v) is 18.8. The predicted octanol–water partition coefficient (Wildman–Crippen LogP) is 5.20. The number of likely N-dealkylation sites (tertiary alicyclic amines) is 1. The Kier molecular flexibility index (Phi) is 12.0. The van der Waals surface area contributed by atoms with Crippen LogP contribution in [0.2, 0.25) is 0 Å². The van der Waals surface area contributed by atoms with Gasteiger partial charge in [0, 0.05) is 62.5 Å². The van der Waals surface area contributed by atoms with Crippen molar-refractivity contribution in [2.75, 3.05) is 43.4 Å². The summed E-state index contributed by atoms with van der Waals surface area (Å²) in [6.45, 7) is 3.99. The predicted molar refractivity (Wildman–Crippen MR) is 221 cm³/mol. The second-order valence-electron chi connectivity index (χ2n) is 16.7. The summed E-state index contributed by atoms with van der Waals surface area (Å²) in [5, 5.41) is 13.9. The third kappa shape index (κ3) is 8.81. The van der Waals surface area contributed by atoms with Gasteiger partial charge in [-0.05, 0) is 94.2 Å². The van der Waals surface area contributed by atoms with Crippen molar-refractivity contribution < 1.29 is 36.6 Å². The maximum atomic E-state index is 14.1. The molecule has 0 spiro atoms. The highest BCUT2D eigenvalue weighted by atomic mass is 32.2. The van der Waals surface area contributed by atoms with Crippen LogP contribution in [0.3, 0.4) is 0 Å². The monoisotopic (exact) mass is 847 g/mol. The molecule has 4 aliphatic rings. The van der Waals surface area contributed by atoms with Crippen molar-refractivity contribution in [2.24, 2.45) is 0 Å². The number of anilines is 2. The van der Waals surface area contributed by atoms with E-state index in [2.05, 4.69) is 15.2 Å². The molecule has 1 saturated carbocycles. The molecule has 0 bridgehead atoms. The molecule has 320 valence electrons. The van der Waals surface area contributed by atoms with Gasteiger partial charge < -0.3 is 19.6 Å². The van der Waals surface area contributed by atoms with Gasteiger partial charge in [-0.2, -0.15) is 4.98 Å². The van der Waals surface area contributed by atoms with Crippen molar-refractivity contribution in [1.82, 2.24) is 29.1 Å². The van der Waals surface area contributed by atoms with E-state index >= 15 is 0 Å². The lowest BCUT2D eigenvalue weighted by Gasteiger charge is -2.38. The number of rotatable bonds is 12. The van der Waals surface area contributed by atoms with E-state index in [9.17, 15) is 36.7 Å². The zero-order valence-electron chi connectivity index (χ0n) is 33.6. The Morgan fingerprint density at radius 2 is 1.68 bits per heavy atom. The average molecular weight is 848 g/mol. The lowest BCUT2D eigenvalue weighted by molar-refractivity contribution is -0.134. The van der Waals surface area contributed by atoms with E-state index in [1.54, 1.807) is 11.2 Å². The van der Waals surface area contributed by atoms with Gasteiger partial charge in [0.05, 0.1) is 28.9 Å². The number of piperidine rings is 3. The Labute approximate surface area is 347 Å². The Morgan fingerprint density at radius 3 is 2.33 bits per heavy atom. The van der Waals surface area contributed by atoms with Crippen molar-refractivity contribution >= 4 is 44.5 Å². The number of alkyl halides is 2. The fourth-order valence-corrected chi connectivity index (χ4v) is 10.8. The largest absolute Gasteiger partial charge is 0.490 e. The third-order valence-corrected chi connectivity index (χ3v) is 14.5. The number of carbonyl (C=O) groups is 2. The molecule has 4 aromatic rings. The summed E-state index contributed by atoms with van der Waals surface area (Å²) in [6, 6.07) is 17.1. The SMILES string of the molecule is CC1(O)CCCC1n1c(=O)c(C(F)F)cc2cnc(N(c3ccccc3)C3CCN(S(=O)(=O)CCN4CCC(Oc5ccc(C6CCC(=O)NC6=O)cc5)CC4)CC3)nc21. The van der Waals surface area contributed by atoms with Crippen LogP contribution in [0.25, 0.3) is 11.0 Å². The van der Waals surface area contributed by atoms with Crippen LogP contribution in [0, 0.1) is 0 Å². The molecule has 3 atom stereocenters. The minimum atomic E-state index is -3.57. The van der Waals surface area contributed by atoms with E-state index < -0.39 is 39.2 Å². The summed E-state index contributed by atoms with van der Waals surface area (Å²) in [6.07, 6.45) is 3.13. The Morgan fingerprint density at radius 1 is 0.967 bits per heavy atom. The third-order valence-electron chi connectivity index (χ3n) is 12.7. The number of carbonyl (C=O) groups excluding carboxylic acids is 2. The van der Waals surface area contributed by atoms with Crippen LogP contribution in [-0.4, -0.2) is 105 Å². The number of nitrogens with one attached hydrogen (secondary N) is 1. The summed E-state index contributed by atoms with van der Waals surface area (Å²) in [5.74, 6) is 0.0787. The first-order valence-corrected chi connectivity index (χ1v) is 22.5. The van der Waals surface area contributed by atoms with Crippen LogP contribution >= 0.6 is 0 Å². The minimum absolute atomic E-state index is 0.00967. The first-order valence-electron chi connectivity index (χ1n) is 20.8. The number of benzene rings is 2. The molecule has 60 heavy (non-hydrogen) atoms. The van der Waals surface area contributed by atoms with Crippen molar-refractivity contribution in [3.63, 3.8) is 0 Å². The maximum absolute atomic E-state index is 14.1. The van der Waals surface area contributed by atoms with Crippen molar-refractivity contribution in [3.8, 4) is 5.75 Å². The molecule has 1 aliphatic carbocycles. The Balaban J connectivity index is 0.898. The lowest BCUT2D eigenvalue weighted by atomic mass is 9.90. The standard InChI is InChI=1S/C43H51F2N7O7S/c1-43(56)19-5-8-36(43)52-39-29(26-35(38(44)45)41(52)55)27-46-42(48-39)51(30-6-3-2-4-7-30)31-15-22-50(23-16-31)60(57,58)25-24-49-20-17-33(18-21-49)59-32-11-9-28(10-12-32)34-13-14-37(53)47-40(34)54/h2-4,6-7,9-12,26-27,31,33-34,36,38,56H,5,8,13-25H2,1H3,(H,47,53,54). The zero-order valence-corrected chi connectivity index (χ0v) is 34.4. The number of para-hydroxylation sites is 1. The molecule has 2 N–H and O–H groups in total. The molecule has 3 aliphatic heterocycles. The van der Waals surface area contributed by atoms with Crippen LogP contribution < -0.4 is 20.5 Å². The second kappa shape index (κ2) is 17.3. The molecular formula is C43H51F2N7O7S. The van der Waals surface area contributed by atoms with Gasteiger partial charge in [-0.1, -0.05) is 30.3 Å². The number of aromatic nitrogens is 3. The van der Waals surface area contributed by atoms with Gasteiger partial charge >= 0.3 is 0 Å². The topological polar surface area (TPSA) is 167 Å².